The molecule has 5 rings (SSSR count). The summed E-state index contributed by atoms with van der Waals surface area (Å²) in [6, 6.07) is 5.78. The number of hydrogen-bond donors (Lipinski definition) is 3. The number of aliphatic hydroxyl groups is 2. The number of allylic oxidation sites excluding steroid dienone is 1. The van der Waals surface area contributed by atoms with Crippen LogP contribution in [0.2, 0.25) is 0 Å². The highest BCUT2D eigenvalue weighted by Gasteiger charge is 2.64. The summed E-state index contributed by atoms with van der Waals surface area (Å²) in [7, 11) is 0. The number of rotatable bonds is 27. The summed E-state index contributed by atoms with van der Waals surface area (Å²) in [4.78, 5) is 19.3. The molecule has 1 aromatic carbocycles. The number of thioether (sulfide) groups is 1. The Morgan fingerprint density at radius 1 is 0.983 bits per heavy atom. The van der Waals surface area contributed by atoms with Crippen molar-refractivity contribution < 1.29 is 38.8 Å². The molecule has 11 heteroatoms. The molecule has 2 fully saturated rings. The topological polar surface area (TPSA) is 128 Å². The molecule has 2 aliphatic heterocycles. The van der Waals surface area contributed by atoms with E-state index in [1.807, 2.05) is 30.0 Å². The summed E-state index contributed by atoms with van der Waals surface area (Å²) in [5.41, 5.74) is 2.98. The molecule has 0 bridgehead atoms. The van der Waals surface area contributed by atoms with Gasteiger partial charge in [0.15, 0.2) is 0 Å². The summed E-state index contributed by atoms with van der Waals surface area (Å²) in [6.45, 7) is 10.3. The maximum Gasteiger partial charge on any atom is 0.412 e. The van der Waals surface area contributed by atoms with Crippen LogP contribution >= 0.6 is 11.8 Å². The molecule has 1 saturated heterocycles. The summed E-state index contributed by atoms with van der Waals surface area (Å²) in [6.07, 6.45) is 24.3. The van der Waals surface area contributed by atoms with Gasteiger partial charge in [-0.25, -0.2) is 4.79 Å². The van der Waals surface area contributed by atoms with Crippen molar-refractivity contribution in [3.63, 3.8) is 0 Å². The van der Waals surface area contributed by atoms with Gasteiger partial charge in [0.05, 0.1) is 30.1 Å². The highest BCUT2D eigenvalue weighted by molar-refractivity contribution is 8.00. The molecule has 4 aliphatic rings. The number of carbonyl (C=O) groups is 1. The minimum absolute atomic E-state index is 0.0685. The van der Waals surface area contributed by atoms with E-state index in [4.69, 9.17) is 28.9 Å². The zero-order chi connectivity index (χ0) is 41.0. The van der Waals surface area contributed by atoms with Gasteiger partial charge in [-0.1, -0.05) is 102 Å². The van der Waals surface area contributed by atoms with Crippen LogP contribution < -0.4 is 14.8 Å². The normalized spacial score (nSPS) is 26.9. The van der Waals surface area contributed by atoms with E-state index in [1.165, 1.54) is 51.4 Å². The number of nitrogens with zero attached hydrogens (tertiary/aromatic N) is 1. The molecule has 2 heterocycles. The Labute approximate surface area is 353 Å². The fourth-order valence-corrected chi connectivity index (χ4v) is 10.8. The summed E-state index contributed by atoms with van der Waals surface area (Å²) in [5, 5.41) is 27.5. The van der Waals surface area contributed by atoms with Crippen LogP contribution in [-0.2, 0) is 14.3 Å². The number of benzene rings is 1. The number of amides is 1. The number of nitrogens with one attached hydrogen (secondary N) is 1. The molecule has 58 heavy (non-hydrogen) atoms. The van der Waals surface area contributed by atoms with Crippen molar-refractivity contribution in [2.75, 3.05) is 38.7 Å². The average molecular weight is 827 g/mol. The molecule has 2 aliphatic carbocycles. The first-order chi connectivity index (χ1) is 28.5. The van der Waals surface area contributed by atoms with E-state index in [9.17, 15) is 15.0 Å². The number of carbonyl (C=O) groups excluding carboxylic acids is 1. The Morgan fingerprint density at radius 2 is 1.72 bits per heavy atom. The Morgan fingerprint density at radius 3 is 2.41 bits per heavy atom. The smallest absolute Gasteiger partial charge is 0.412 e. The Hall–Kier alpha value is -2.57. The second-order valence-corrected chi connectivity index (χ2v) is 18.1. The van der Waals surface area contributed by atoms with Crippen molar-refractivity contribution in [3.8, 4) is 11.5 Å². The number of hydrogen-bond acceptors (Lipinski definition) is 10. The van der Waals surface area contributed by atoms with Gasteiger partial charge >= 0.3 is 6.09 Å². The molecule has 10 nitrogen and oxygen atoms in total. The first-order valence-electron chi connectivity index (χ1n) is 22.9. The Bertz CT molecular complexity index is 1450. The van der Waals surface area contributed by atoms with Crippen LogP contribution in [0.15, 0.2) is 47.7 Å². The number of fused-ring (bicyclic) bond motifs is 2. The van der Waals surface area contributed by atoms with Crippen molar-refractivity contribution in [2.45, 2.75) is 166 Å². The van der Waals surface area contributed by atoms with E-state index in [0.29, 0.717) is 38.3 Å². The van der Waals surface area contributed by atoms with E-state index in [0.717, 1.165) is 92.6 Å². The number of aliphatic hydroxyl groups excluding tert-OH is 2. The van der Waals surface area contributed by atoms with Crippen LogP contribution in [0.4, 0.5) is 4.79 Å². The Kier molecular flexibility index (Phi) is 20.3. The zero-order valence-corrected chi connectivity index (χ0v) is 36.5. The van der Waals surface area contributed by atoms with E-state index in [2.05, 4.69) is 31.8 Å². The SMILES string of the molecule is C=CCOC12Oc3ccc(OC(=O)NCCCCCCCCCCCC)cc3C3C(CCCCO)C(CCCCO)C=C(C(=NOC4CCCCO4)CC1SCC)C32. The zero-order valence-electron chi connectivity index (χ0n) is 35.6. The fourth-order valence-electron chi connectivity index (χ4n) is 9.60. The lowest BCUT2D eigenvalue weighted by Crippen LogP contribution is -2.64. The lowest BCUT2D eigenvalue weighted by molar-refractivity contribution is -0.223. The number of oxime groups is 1. The average Bonchev–Trinajstić information content (AvgIpc) is 3.23. The van der Waals surface area contributed by atoms with E-state index < -0.39 is 11.9 Å². The maximum absolute atomic E-state index is 13.2. The third-order valence-corrected chi connectivity index (χ3v) is 13.6. The van der Waals surface area contributed by atoms with Crippen LogP contribution in [0.1, 0.15) is 154 Å². The molecule has 326 valence electrons. The van der Waals surface area contributed by atoms with Gasteiger partial charge in [0.1, 0.15) is 11.5 Å². The second kappa shape index (κ2) is 25.3. The third-order valence-electron chi connectivity index (χ3n) is 12.4. The van der Waals surface area contributed by atoms with Crippen molar-refractivity contribution in [1.82, 2.24) is 5.32 Å². The first kappa shape index (κ1) is 46.5. The van der Waals surface area contributed by atoms with E-state index in [1.54, 1.807) is 6.08 Å². The van der Waals surface area contributed by atoms with Crippen LogP contribution in [0.25, 0.3) is 0 Å². The van der Waals surface area contributed by atoms with Crippen LogP contribution in [0, 0.1) is 17.8 Å². The minimum atomic E-state index is -1.02. The van der Waals surface area contributed by atoms with Crippen molar-refractivity contribution in [1.29, 1.82) is 0 Å². The van der Waals surface area contributed by atoms with Gasteiger partial charge in [-0.3, -0.25) is 0 Å². The fraction of sp³-hybridized carbons (Fsp3) is 0.745. The van der Waals surface area contributed by atoms with Crippen LogP contribution in [0.3, 0.4) is 0 Å². The van der Waals surface area contributed by atoms with Crippen molar-refractivity contribution in [2.24, 2.45) is 22.9 Å². The van der Waals surface area contributed by atoms with Crippen LogP contribution in [0.5, 0.6) is 11.5 Å². The molecule has 0 radical (unpaired) electrons. The van der Waals surface area contributed by atoms with Gasteiger partial charge in [-0.05, 0) is 86.3 Å². The van der Waals surface area contributed by atoms with E-state index in [-0.39, 0.29) is 48.4 Å². The van der Waals surface area contributed by atoms with Gasteiger partial charge < -0.3 is 39.3 Å². The molecular formula is C47H74N2O8S. The first-order valence-corrected chi connectivity index (χ1v) is 24.0. The molecule has 7 unspecified atom stereocenters. The number of unbranched alkanes of at least 4 members (excludes halogenated alkanes) is 11. The van der Waals surface area contributed by atoms with E-state index >= 15 is 0 Å². The molecule has 1 aromatic rings. The molecule has 0 spiro atoms. The van der Waals surface area contributed by atoms with Crippen LogP contribution in [-0.4, -0.2) is 78.1 Å². The highest BCUT2D eigenvalue weighted by atomic mass is 32.2. The molecule has 1 saturated carbocycles. The molecule has 7 atom stereocenters. The molecular weight excluding hydrogens is 753 g/mol. The molecule has 0 aromatic heterocycles. The predicted octanol–water partition coefficient (Wildman–Crippen LogP) is 10.6. The largest absolute Gasteiger partial charge is 0.460 e. The summed E-state index contributed by atoms with van der Waals surface area (Å²) >= 11 is 1.82. The summed E-state index contributed by atoms with van der Waals surface area (Å²) < 4.78 is 26.1. The summed E-state index contributed by atoms with van der Waals surface area (Å²) in [5.74, 6) is 1.10. The van der Waals surface area contributed by atoms with Gasteiger partial charge in [0.25, 0.3) is 0 Å². The van der Waals surface area contributed by atoms with Gasteiger partial charge in [-0.15, -0.1) is 6.58 Å². The van der Waals surface area contributed by atoms with Crippen molar-refractivity contribution in [3.05, 3.63) is 48.1 Å². The lowest BCUT2D eigenvalue weighted by Gasteiger charge is -2.58. The number of ether oxygens (including phenoxy) is 4. The third kappa shape index (κ3) is 12.7. The second-order valence-electron chi connectivity index (χ2n) is 16.6. The standard InChI is InChI=1S/C47H74N2O8S/c1-4-7-8-9-10-11-12-13-14-18-27-48-46(52)55-36-25-26-41-39(33-36)44-37(23-16-20-29-51)35(22-15-19-28-50)32-38-40(49-57-43-24-17-21-31-53-43)34-42(58-6-3)47(56-41,45(38)44)54-30-5-2/h5,25-26,32-33,35,37,42-45,50-51H,2,4,6-24,27-31,34H2,1,3H3,(H,48,52). The van der Waals surface area contributed by atoms with Gasteiger partial charge in [0, 0.05) is 44.1 Å². The Balaban J connectivity index is 1.43. The highest BCUT2D eigenvalue weighted by Crippen LogP contribution is 2.62. The molecule has 3 N–H and O–H groups in total. The predicted molar refractivity (Wildman–Crippen MR) is 234 cm³/mol. The molecule has 1 amide bonds. The lowest BCUT2D eigenvalue weighted by atomic mass is 9.56. The van der Waals surface area contributed by atoms with Gasteiger partial charge in [0.2, 0.25) is 12.1 Å². The van der Waals surface area contributed by atoms with Crippen molar-refractivity contribution >= 4 is 23.6 Å². The van der Waals surface area contributed by atoms with Gasteiger partial charge in [-0.2, -0.15) is 11.8 Å². The minimum Gasteiger partial charge on any atom is -0.460 e. The maximum atomic E-state index is 13.2. The monoisotopic (exact) mass is 827 g/mol. The quantitative estimate of drug-likeness (QED) is 0.0451.